The molecule has 1 aliphatic heterocycles. The third kappa shape index (κ3) is 3.57. The number of hydrogen-bond acceptors (Lipinski definition) is 2. The van der Waals surface area contributed by atoms with Crippen molar-refractivity contribution in [1.82, 2.24) is 10.2 Å². The quantitative estimate of drug-likeness (QED) is 0.879. The van der Waals surface area contributed by atoms with E-state index in [1.807, 2.05) is 4.90 Å². The maximum Gasteiger partial charge on any atom is 0.239 e. The number of rotatable bonds is 5. The lowest BCUT2D eigenvalue weighted by Gasteiger charge is -2.18. The van der Waals surface area contributed by atoms with Gasteiger partial charge in [0.1, 0.15) is 0 Å². The predicted octanol–water partition coefficient (Wildman–Crippen LogP) is 2.14. The van der Waals surface area contributed by atoms with Crippen LogP contribution in [-0.4, -0.2) is 36.0 Å². The van der Waals surface area contributed by atoms with Crippen molar-refractivity contribution in [3.63, 3.8) is 0 Å². The minimum atomic E-state index is 0.0249. The Morgan fingerprint density at radius 1 is 1.37 bits per heavy atom. The summed E-state index contributed by atoms with van der Waals surface area (Å²) in [5.41, 5.74) is 2.65. The van der Waals surface area contributed by atoms with E-state index in [0.717, 1.165) is 25.9 Å². The first-order valence-corrected chi connectivity index (χ1v) is 7.17. The molecular weight excluding hydrogens is 236 g/mol. The van der Waals surface area contributed by atoms with E-state index in [1.54, 1.807) is 0 Å². The fraction of sp³-hybridized carbons (Fsp3) is 0.562. The molecule has 0 saturated carbocycles. The number of amides is 1. The molecule has 1 amide bonds. The number of nitrogens with one attached hydrogen (secondary N) is 1. The molecule has 3 nitrogen and oxygen atoms in total. The van der Waals surface area contributed by atoms with Crippen LogP contribution in [0.5, 0.6) is 0 Å². The summed E-state index contributed by atoms with van der Waals surface area (Å²) in [6, 6.07) is 8.80. The fourth-order valence-electron chi connectivity index (χ4n) is 2.66. The second-order valence-corrected chi connectivity index (χ2v) is 5.66. The molecule has 1 fully saturated rings. The zero-order valence-corrected chi connectivity index (χ0v) is 12.1. The molecular formula is C16H24N2O. The second kappa shape index (κ2) is 6.20. The molecule has 0 bridgehead atoms. The summed E-state index contributed by atoms with van der Waals surface area (Å²) in [4.78, 5) is 14.2. The average molecular weight is 260 g/mol. The molecule has 0 aromatic heterocycles. The molecule has 19 heavy (non-hydrogen) atoms. The van der Waals surface area contributed by atoms with Crippen LogP contribution in [0.1, 0.15) is 31.4 Å². The molecule has 1 aromatic carbocycles. The first kappa shape index (κ1) is 14.1. The number of benzene rings is 1. The Morgan fingerprint density at radius 2 is 2.11 bits per heavy atom. The molecule has 1 unspecified atom stereocenters. The summed E-state index contributed by atoms with van der Waals surface area (Å²) >= 11 is 0. The summed E-state index contributed by atoms with van der Waals surface area (Å²) in [6.45, 7) is 8.02. The summed E-state index contributed by atoms with van der Waals surface area (Å²) in [5.74, 6) is 0.266. The van der Waals surface area contributed by atoms with Gasteiger partial charge in [0.2, 0.25) is 5.91 Å². The molecule has 1 heterocycles. The highest BCUT2D eigenvalue weighted by atomic mass is 16.2. The van der Waals surface area contributed by atoms with Crippen molar-refractivity contribution >= 4 is 5.91 Å². The third-order valence-electron chi connectivity index (χ3n) is 3.74. The SMILES string of the molecule is Cc1ccccc1CCN1CCC(NC(C)C)C1=O. The highest BCUT2D eigenvalue weighted by molar-refractivity contribution is 5.84. The van der Waals surface area contributed by atoms with Crippen LogP contribution < -0.4 is 5.32 Å². The maximum atomic E-state index is 12.2. The zero-order valence-electron chi connectivity index (χ0n) is 12.1. The van der Waals surface area contributed by atoms with Gasteiger partial charge in [0.05, 0.1) is 6.04 Å². The van der Waals surface area contributed by atoms with Gasteiger partial charge in [-0.1, -0.05) is 38.1 Å². The molecule has 1 N–H and O–H groups in total. The first-order chi connectivity index (χ1) is 9.08. The highest BCUT2D eigenvalue weighted by Gasteiger charge is 2.31. The van der Waals surface area contributed by atoms with Gasteiger partial charge in [-0.3, -0.25) is 4.79 Å². The minimum absolute atomic E-state index is 0.0249. The van der Waals surface area contributed by atoms with E-state index in [2.05, 4.69) is 50.4 Å². The van der Waals surface area contributed by atoms with E-state index < -0.39 is 0 Å². The van der Waals surface area contributed by atoms with Crippen molar-refractivity contribution in [2.45, 2.75) is 45.7 Å². The monoisotopic (exact) mass is 260 g/mol. The van der Waals surface area contributed by atoms with Gasteiger partial charge in [0.15, 0.2) is 0 Å². The van der Waals surface area contributed by atoms with Crippen LogP contribution in [0.4, 0.5) is 0 Å². The van der Waals surface area contributed by atoms with Crippen molar-refractivity contribution < 1.29 is 4.79 Å². The lowest BCUT2D eigenvalue weighted by atomic mass is 10.1. The number of carbonyl (C=O) groups is 1. The number of likely N-dealkylation sites (tertiary alicyclic amines) is 1. The average Bonchev–Trinajstić information content (AvgIpc) is 2.69. The van der Waals surface area contributed by atoms with Gasteiger partial charge in [-0.05, 0) is 30.9 Å². The summed E-state index contributed by atoms with van der Waals surface area (Å²) < 4.78 is 0. The van der Waals surface area contributed by atoms with Crippen LogP contribution >= 0.6 is 0 Å². The topological polar surface area (TPSA) is 32.3 Å². The highest BCUT2D eigenvalue weighted by Crippen LogP contribution is 2.14. The number of hydrogen-bond donors (Lipinski definition) is 1. The molecule has 1 aliphatic rings. The summed E-state index contributed by atoms with van der Waals surface area (Å²) in [7, 11) is 0. The van der Waals surface area contributed by atoms with Gasteiger partial charge in [0, 0.05) is 19.1 Å². The van der Waals surface area contributed by atoms with Gasteiger partial charge < -0.3 is 10.2 Å². The Balaban J connectivity index is 1.88. The van der Waals surface area contributed by atoms with Crippen LogP contribution in [0.15, 0.2) is 24.3 Å². The van der Waals surface area contributed by atoms with Crippen LogP contribution in [-0.2, 0) is 11.2 Å². The Morgan fingerprint density at radius 3 is 2.79 bits per heavy atom. The smallest absolute Gasteiger partial charge is 0.239 e. The molecule has 1 atom stereocenters. The summed E-state index contributed by atoms with van der Waals surface area (Å²) in [5, 5.41) is 3.34. The van der Waals surface area contributed by atoms with Crippen molar-refractivity contribution in [3.8, 4) is 0 Å². The van der Waals surface area contributed by atoms with Gasteiger partial charge in [-0.25, -0.2) is 0 Å². The van der Waals surface area contributed by atoms with Crippen molar-refractivity contribution in [2.75, 3.05) is 13.1 Å². The Hall–Kier alpha value is -1.35. The molecule has 0 aliphatic carbocycles. The van der Waals surface area contributed by atoms with Crippen molar-refractivity contribution in [3.05, 3.63) is 35.4 Å². The van der Waals surface area contributed by atoms with Gasteiger partial charge >= 0.3 is 0 Å². The van der Waals surface area contributed by atoms with Gasteiger partial charge in [-0.15, -0.1) is 0 Å². The largest absolute Gasteiger partial charge is 0.341 e. The lowest BCUT2D eigenvalue weighted by molar-refractivity contribution is -0.129. The van der Waals surface area contributed by atoms with Crippen molar-refractivity contribution in [1.29, 1.82) is 0 Å². The van der Waals surface area contributed by atoms with E-state index >= 15 is 0 Å². The molecule has 104 valence electrons. The van der Waals surface area contributed by atoms with Crippen LogP contribution in [0, 0.1) is 6.92 Å². The summed E-state index contributed by atoms with van der Waals surface area (Å²) in [6.07, 6.45) is 1.89. The number of aryl methyl sites for hydroxylation is 1. The number of nitrogens with zero attached hydrogens (tertiary/aromatic N) is 1. The molecule has 2 rings (SSSR count). The van der Waals surface area contributed by atoms with Gasteiger partial charge in [0.25, 0.3) is 0 Å². The molecule has 0 radical (unpaired) electrons. The van der Waals surface area contributed by atoms with Crippen LogP contribution in [0.2, 0.25) is 0 Å². The maximum absolute atomic E-state index is 12.2. The molecule has 1 aromatic rings. The van der Waals surface area contributed by atoms with Gasteiger partial charge in [-0.2, -0.15) is 0 Å². The van der Waals surface area contributed by atoms with E-state index in [9.17, 15) is 4.79 Å². The minimum Gasteiger partial charge on any atom is -0.341 e. The van der Waals surface area contributed by atoms with Crippen molar-refractivity contribution in [2.24, 2.45) is 0 Å². The fourth-order valence-corrected chi connectivity index (χ4v) is 2.66. The second-order valence-electron chi connectivity index (χ2n) is 5.66. The Bertz CT molecular complexity index is 442. The molecule has 3 heteroatoms. The van der Waals surface area contributed by atoms with Crippen LogP contribution in [0.3, 0.4) is 0 Å². The van der Waals surface area contributed by atoms with E-state index in [0.29, 0.717) is 6.04 Å². The third-order valence-corrected chi connectivity index (χ3v) is 3.74. The van der Waals surface area contributed by atoms with E-state index in [4.69, 9.17) is 0 Å². The van der Waals surface area contributed by atoms with Crippen LogP contribution in [0.25, 0.3) is 0 Å². The predicted molar refractivity (Wildman–Crippen MR) is 78.1 cm³/mol. The Labute approximate surface area is 116 Å². The molecule has 0 spiro atoms. The first-order valence-electron chi connectivity index (χ1n) is 7.17. The Kier molecular flexibility index (Phi) is 4.59. The number of carbonyl (C=O) groups excluding carboxylic acids is 1. The lowest BCUT2D eigenvalue weighted by Crippen LogP contribution is -2.41. The molecule has 1 saturated heterocycles. The van der Waals surface area contributed by atoms with E-state index in [-0.39, 0.29) is 11.9 Å². The standard InChI is InChI=1S/C16H24N2O/c1-12(2)17-15-9-11-18(16(15)19)10-8-14-7-5-4-6-13(14)3/h4-7,12,15,17H,8-11H2,1-3H3. The normalized spacial score (nSPS) is 19.5. The zero-order chi connectivity index (χ0) is 13.8. The van der Waals surface area contributed by atoms with E-state index in [1.165, 1.54) is 11.1 Å².